The molecule has 2 aromatic heterocycles. The maximum atomic E-state index is 11.4. The number of ether oxygens (including phenoxy) is 2. The van der Waals surface area contributed by atoms with Gasteiger partial charge in [-0.15, -0.1) is 0 Å². The largest absolute Gasteiger partial charge is 0.493 e. The van der Waals surface area contributed by atoms with Crippen molar-refractivity contribution in [2.24, 2.45) is 5.73 Å². The lowest BCUT2D eigenvalue weighted by atomic mass is 10.0. The molecule has 6 N–H and O–H groups in total. The second-order valence-electron chi connectivity index (χ2n) is 5.97. The molecule has 1 amide bonds. The summed E-state index contributed by atoms with van der Waals surface area (Å²) < 4.78 is 16.0. The van der Waals surface area contributed by atoms with E-state index in [1.165, 1.54) is 20.5 Å². The molecule has 0 aliphatic carbocycles. The van der Waals surface area contributed by atoms with Crippen molar-refractivity contribution in [3.8, 4) is 23.3 Å². The number of aromatic nitrogens is 2. The number of nitrogen functional groups attached to an aromatic ring is 2. The Hall–Kier alpha value is -4.19. The monoisotopic (exact) mass is 393 g/mol. The zero-order chi connectivity index (χ0) is 21.0. The Labute approximate surface area is 166 Å². The minimum absolute atomic E-state index is 0.00798. The van der Waals surface area contributed by atoms with Crippen molar-refractivity contribution < 1.29 is 18.7 Å². The quantitative estimate of drug-likeness (QED) is 0.549. The third kappa shape index (κ3) is 4.22. The Morgan fingerprint density at radius 3 is 2.59 bits per heavy atom. The number of carbonyl (C=O) groups is 1. The van der Waals surface area contributed by atoms with Crippen LogP contribution in [0.4, 0.5) is 11.8 Å². The van der Waals surface area contributed by atoms with Gasteiger partial charge in [0.2, 0.25) is 11.7 Å². The molecule has 2 heterocycles. The lowest BCUT2D eigenvalue weighted by Crippen LogP contribution is -2.11. The summed E-state index contributed by atoms with van der Waals surface area (Å²) in [4.78, 5) is 19.4. The molecule has 0 saturated carbocycles. The standard InChI is InChI=1S/C20H19N5O4/c1-27-15-9-11(8-14-10-24-20(23)25-18(14)21)7-13(16(15)28-2)4-3-12-5-6-29-17(12)19(22)26/h5-7,9-10H,8H2,1-2H3,(H2,22,26)(H4,21,23,24,25). The summed E-state index contributed by atoms with van der Waals surface area (Å²) in [5, 5.41) is 0. The van der Waals surface area contributed by atoms with Gasteiger partial charge in [-0.1, -0.05) is 11.8 Å². The number of benzene rings is 1. The molecule has 0 spiro atoms. The van der Waals surface area contributed by atoms with Gasteiger partial charge in [-0.05, 0) is 23.8 Å². The highest BCUT2D eigenvalue weighted by molar-refractivity contribution is 5.92. The molecular weight excluding hydrogens is 374 g/mol. The molecule has 29 heavy (non-hydrogen) atoms. The number of amides is 1. The zero-order valence-electron chi connectivity index (χ0n) is 15.9. The van der Waals surface area contributed by atoms with Crippen molar-refractivity contribution in [3.05, 3.63) is 58.7 Å². The predicted octanol–water partition coefficient (Wildman–Crippen LogP) is 1.34. The number of rotatable bonds is 5. The summed E-state index contributed by atoms with van der Waals surface area (Å²) in [6.07, 6.45) is 3.35. The Morgan fingerprint density at radius 1 is 1.17 bits per heavy atom. The number of hydrogen-bond acceptors (Lipinski definition) is 8. The van der Waals surface area contributed by atoms with Gasteiger partial charge < -0.3 is 31.1 Å². The number of nitrogens with zero attached hydrogens (tertiary/aromatic N) is 2. The van der Waals surface area contributed by atoms with Crippen molar-refractivity contribution in [2.45, 2.75) is 6.42 Å². The van der Waals surface area contributed by atoms with Crippen LogP contribution in [0.15, 0.2) is 35.1 Å². The zero-order valence-corrected chi connectivity index (χ0v) is 15.9. The average Bonchev–Trinajstić information content (AvgIpc) is 3.17. The van der Waals surface area contributed by atoms with Crippen LogP contribution in [0.1, 0.15) is 32.8 Å². The number of carbonyl (C=O) groups excluding carboxylic acids is 1. The molecule has 0 saturated heterocycles. The summed E-state index contributed by atoms with van der Waals surface area (Å²) in [7, 11) is 3.04. The van der Waals surface area contributed by atoms with E-state index >= 15 is 0 Å². The van der Waals surface area contributed by atoms with E-state index in [2.05, 4.69) is 21.8 Å². The maximum absolute atomic E-state index is 11.4. The fourth-order valence-electron chi connectivity index (χ4n) is 2.74. The van der Waals surface area contributed by atoms with Gasteiger partial charge in [0.05, 0.1) is 31.6 Å². The number of anilines is 2. The topological polar surface area (TPSA) is 153 Å². The summed E-state index contributed by atoms with van der Waals surface area (Å²) in [6, 6.07) is 5.20. The average molecular weight is 393 g/mol. The number of nitrogens with two attached hydrogens (primary N) is 3. The molecule has 0 aliphatic heterocycles. The molecule has 9 nitrogen and oxygen atoms in total. The summed E-state index contributed by atoms with van der Waals surface area (Å²) in [5.41, 5.74) is 19.2. The third-order valence-electron chi connectivity index (χ3n) is 4.07. The number of methoxy groups -OCH3 is 2. The van der Waals surface area contributed by atoms with E-state index in [0.717, 1.165) is 5.56 Å². The van der Waals surface area contributed by atoms with E-state index in [-0.39, 0.29) is 11.7 Å². The van der Waals surface area contributed by atoms with Crippen LogP contribution in [-0.2, 0) is 6.42 Å². The van der Waals surface area contributed by atoms with Crippen molar-refractivity contribution in [1.82, 2.24) is 9.97 Å². The molecule has 3 aromatic rings. The molecule has 0 fully saturated rings. The molecule has 3 rings (SSSR count). The second-order valence-corrected chi connectivity index (χ2v) is 5.97. The molecule has 0 atom stereocenters. The van der Waals surface area contributed by atoms with Gasteiger partial charge in [-0.25, -0.2) is 4.98 Å². The van der Waals surface area contributed by atoms with E-state index in [1.807, 2.05) is 12.1 Å². The van der Waals surface area contributed by atoms with Gasteiger partial charge in [0, 0.05) is 18.2 Å². The minimum Gasteiger partial charge on any atom is -0.493 e. The Balaban J connectivity index is 2.04. The number of primary amides is 1. The molecule has 1 aromatic carbocycles. The first kappa shape index (κ1) is 19.6. The first-order valence-corrected chi connectivity index (χ1v) is 8.44. The highest BCUT2D eigenvalue weighted by atomic mass is 16.5. The molecule has 0 radical (unpaired) electrons. The van der Waals surface area contributed by atoms with E-state index in [4.69, 9.17) is 31.1 Å². The van der Waals surface area contributed by atoms with Gasteiger partial charge in [-0.2, -0.15) is 4.98 Å². The van der Waals surface area contributed by atoms with E-state index in [9.17, 15) is 4.79 Å². The fourth-order valence-corrected chi connectivity index (χ4v) is 2.74. The smallest absolute Gasteiger partial charge is 0.285 e. The van der Waals surface area contributed by atoms with Gasteiger partial charge in [0.25, 0.3) is 5.91 Å². The molecule has 0 aliphatic rings. The van der Waals surface area contributed by atoms with Crippen LogP contribution in [0, 0.1) is 11.8 Å². The Kier molecular flexibility index (Phi) is 5.55. The maximum Gasteiger partial charge on any atom is 0.285 e. The number of hydrogen-bond donors (Lipinski definition) is 3. The van der Waals surface area contributed by atoms with Crippen LogP contribution in [0.25, 0.3) is 0 Å². The van der Waals surface area contributed by atoms with Crippen LogP contribution >= 0.6 is 0 Å². The number of furan rings is 1. The lowest BCUT2D eigenvalue weighted by molar-refractivity contribution is 0.0973. The molecule has 0 unspecified atom stereocenters. The summed E-state index contributed by atoms with van der Waals surface area (Å²) in [6.45, 7) is 0. The van der Waals surface area contributed by atoms with E-state index < -0.39 is 5.91 Å². The van der Waals surface area contributed by atoms with Crippen molar-refractivity contribution in [3.63, 3.8) is 0 Å². The van der Waals surface area contributed by atoms with Crippen LogP contribution in [-0.4, -0.2) is 30.1 Å². The van der Waals surface area contributed by atoms with Gasteiger partial charge in [-0.3, -0.25) is 4.79 Å². The first-order chi connectivity index (χ1) is 13.9. The van der Waals surface area contributed by atoms with Crippen molar-refractivity contribution >= 4 is 17.7 Å². The second kappa shape index (κ2) is 8.22. The third-order valence-corrected chi connectivity index (χ3v) is 4.07. The Bertz CT molecular complexity index is 1130. The molecule has 9 heteroatoms. The van der Waals surface area contributed by atoms with Crippen LogP contribution < -0.4 is 26.7 Å². The van der Waals surface area contributed by atoms with E-state index in [0.29, 0.717) is 40.4 Å². The molecular formula is C20H19N5O4. The normalized spacial score (nSPS) is 10.1. The van der Waals surface area contributed by atoms with E-state index in [1.54, 1.807) is 12.3 Å². The highest BCUT2D eigenvalue weighted by Gasteiger charge is 2.14. The van der Waals surface area contributed by atoms with Crippen LogP contribution in [0.5, 0.6) is 11.5 Å². The first-order valence-electron chi connectivity index (χ1n) is 8.44. The fraction of sp³-hybridized carbons (Fsp3) is 0.150. The van der Waals surface area contributed by atoms with Crippen LogP contribution in [0.3, 0.4) is 0 Å². The van der Waals surface area contributed by atoms with Crippen molar-refractivity contribution in [2.75, 3.05) is 25.7 Å². The SMILES string of the molecule is COc1cc(Cc2cnc(N)nc2N)cc(C#Cc2ccoc2C(N)=O)c1OC. The van der Waals surface area contributed by atoms with Crippen molar-refractivity contribution in [1.29, 1.82) is 0 Å². The van der Waals surface area contributed by atoms with Gasteiger partial charge in [0.15, 0.2) is 11.5 Å². The molecule has 148 valence electrons. The summed E-state index contributed by atoms with van der Waals surface area (Å²) >= 11 is 0. The van der Waals surface area contributed by atoms with Crippen LogP contribution in [0.2, 0.25) is 0 Å². The lowest BCUT2D eigenvalue weighted by Gasteiger charge is -2.13. The highest BCUT2D eigenvalue weighted by Crippen LogP contribution is 2.33. The summed E-state index contributed by atoms with van der Waals surface area (Å²) in [5.74, 6) is 6.50. The molecule has 0 bridgehead atoms. The van der Waals surface area contributed by atoms with Gasteiger partial charge in [0.1, 0.15) is 5.82 Å². The predicted molar refractivity (Wildman–Crippen MR) is 106 cm³/mol. The minimum atomic E-state index is -0.698. The Morgan fingerprint density at radius 2 is 1.93 bits per heavy atom. The van der Waals surface area contributed by atoms with Gasteiger partial charge >= 0.3 is 0 Å².